The Morgan fingerprint density at radius 3 is 2.36 bits per heavy atom. The molecule has 0 bridgehead atoms. The van der Waals surface area contributed by atoms with E-state index in [9.17, 15) is 4.79 Å². The Balaban J connectivity index is 2.43. The van der Waals surface area contributed by atoms with E-state index >= 15 is 0 Å². The number of hydrogen-bond donors (Lipinski definition) is 3. The Kier molecular flexibility index (Phi) is 4.74. The number of hydrogen-bond acceptors (Lipinski definition) is 3. The van der Waals surface area contributed by atoms with Gasteiger partial charge in [-0.25, -0.2) is 0 Å². The van der Waals surface area contributed by atoms with E-state index in [1.165, 1.54) is 0 Å². The van der Waals surface area contributed by atoms with E-state index in [4.69, 9.17) is 16.9 Å². The van der Waals surface area contributed by atoms with E-state index < -0.39 is 5.91 Å². The Hall–Kier alpha value is -2.45. The molecule has 2 rings (SSSR count). The van der Waals surface area contributed by atoms with E-state index in [0.29, 0.717) is 16.8 Å². The van der Waals surface area contributed by atoms with Gasteiger partial charge in [-0.3, -0.25) is 4.79 Å². The first kappa shape index (κ1) is 15.9. The number of rotatable bonds is 4. The van der Waals surface area contributed by atoms with Crippen LogP contribution in [0.3, 0.4) is 0 Å². The van der Waals surface area contributed by atoms with Crippen molar-refractivity contribution in [2.75, 3.05) is 0 Å². The Morgan fingerprint density at radius 2 is 1.77 bits per heavy atom. The van der Waals surface area contributed by atoms with Crippen LogP contribution in [0.2, 0.25) is 0 Å². The lowest BCUT2D eigenvalue weighted by atomic mass is 10.0. The van der Waals surface area contributed by atoms with Crippen molar-refractivity contribution >= 4 is 31.9 Å². The molecule has 2 aromatic rings. The number of nitrogens with two attached hydrogens (primary N) is 2. The third-order valence-corrected chi connectivity index (χ3v) is 3.79. The number of nitrogens with one attached hydrogen (secondary N) is 1. The van der Waals surface area contributed by atoms with Gasteiger partial charge in [0.2, 0.25) is 5.91 Å². The normalized spacial score (nSPS) is 11.3. The molecule has 4 nitrogen and oxygen atoms in total. The summed E-state index contributed by atoms with van der Waals surface area (Å²) in [4.78, 5) is 11.5. The number of carbonyl (C=O) groups excluding carboxylic acids is 1. The van der Waals surface area contributed by atoms with Gasteiger partial charge in [0.25, 0.3) is 0 Å². The van der Waals surface area contributed by atoms with E-state index in [2.05, 4.69) is 9.24 Å². The van der Waals surface area contributed by atoms with Crippen LogP contribution in [0.15, 0.2) is 48.5 Å². The fraction of sp³-hybridized carbons (Fsp3) is 0.0588. The second-order valence-electron chi connectivity index (χ2n) is 5.01. The van der Waals surface area contributed by atoms with Crippen molar-refractivity contribution < 1.29 is 4.79 Å². The predicted octanol–water partition coefficient (Wildman–Crippen LogP) is 1.96. The molecule has 0 aromatic heterocycles. The van der Waals surface area contributed by atoms with Crippen molar-refractivity contribution in [1.29, 1.82) is 5.41 Å². The zero-order chi connectivity index (χ0) is 16.3. The van der Waals surface area contributed by atoms with Crippen LogP contribution in [0, 0.1) is 12.3 Å². The van der Waals surface area contributed by atoms with E-state index in [1.807, 2.05) is 37.3 Å². The van der Waals surface area contributed by atoms with Gasteiger partial charge in [-0.05, 0) is 29.9 Å². The maximum absolute atomic E-state index is 11.5. The molecule has 1 unspecified atom stereocenters. The third kappa shape index (κ3) is 3.41. The maximum atomic E-state index is 11.5. The average Bonchev–Trinajstić information content (AvgIpc) is 2.47. The number of amides is 1. The molecule has 0 aliphatic carbocycles. The SMILES string of the molecule is Cc1ccc(C(=N)C=C(N)c2c(P)cccc2C(N)=O)cc1. The number of carbonyl (C=O) groups is 1. The first-order valence-electron chi connectivity index (χ1n) is 6.71. The van der Waals surface area contributed by atoms with Gasteiger partial charge in [-0.15, -0.1) is 9.24 Å². The van der Waals surface area contributed by atoms with Crippen molar-refractivity contribution in [2.45, 2.75) is 6.92 Å². The van der Waals surface area contributed by atoms with Crippen molar-refractivity contribution in [3.63, 3.8) is 0 Å². The van der Waals surface area contributed by atoms with Crippen LogP contribution < -0.4 is 16.8 Å². The fourth-order valence-corrected chi connectivity index (χ4v) is 2.58. The summed E-state index contributed by atoms with van der Waals surface area (Å²) >= 11 is 0. The van der Waals surface area contributed by atoms with Crippen LogP contribution in [0.5, 0.6) is 0 Å². The highest BCUT2D eigenvalue weighted by molar-refractivity contribution is 7.27. The van der Waals surface area contributed by atoms with E-state index in [0.717, 1.165) is 16.4 Å². The zero-order valence-corrected chi connectivity index (χ0v) is 13.4. The summed E-state index contributed by atoms with van der Waals surface area (Å²) in [5.41, 5.74) is 14.9. The molecule has 2 aromatic carbocycles. The summed E-state index contributed by atoms with van der Waals surface area (Å²) < 4.78 is 0. The minimum absolute atomic E-state index is 0.279. The summed E-state index contributed by atoms with van der Waals surface area (Å²) in [5.74, 6) is -0.544. The maximum Gasteiger partial charge on any atom is 0.249 e. The fourth-order valence-electron chi connectivity index (χ4n) is 2.14. The molecule has 0 spiro atoms. The minimum atomic E-state index is -0.544. The monoisotopic (exact) mass is 311 g/mol. The number of aryl methyl sites for hydroxylation is 1. The molecule has 0 fully saturated rings. The highest BCUT2D eigenvalue weighted by Crippen LogP contribution is 2.16. The van der Waals surface area contributed by atoms with Gasteiger partial charge in [0.1, 0.15) is 0 Å². The van der Waals surface area contributed by atoms with E-state index in [-0.39, 0.29) is 5.71 Å². The van der Waals surface area contributed by atoms with Crippen LogP contribution in [0.25, 0.3) is 5.70 Å². The second-order valence-corrected chi connectivity index (χ2v) is 5.64. The quantitative estimate of drug-likeness (QED) is 0.595. The zero-order valence-electron chi connectivity index (χ0n) is 12.3. The molecule has 5 heteroatoms. The molecule has 0 heterocycles. The van der Waals surface area contributed by atoms with Gasteiger partial charge in [0.15, 0.2) is 0 Å². The highest BCUT2D eigenvalue weighted by atomic mass is 31.0. The molecule has 0 aliphatic rings. The van der Waals surface area contributed by atoms with Crippen LogP contribution in [0.1, 0.15) is 27.0 Å². The van der Waals surface area contributed by atoms with E-state index in [1.54, 1.807) is 18.2 Å². The molecule has 5 N–H and O–H groups in total. The van der Waals surface area contributed by atoms with Crippen molar-refractivity contribution in [3.8, 4) is 0 Å². The Bertz CT molecular complexity index is 764. The molecular formula is C17H18N3OP. The van der Waals surface area contributed by atoms with Crippen molar-refractivity contribution in [2.24, 2.45) is 11.5 Å². The highest BCUT2D eigenvalue weighted by Gasteiger charge is 2.13. The lowest BCUT2D eigenvalue weighted by molar-refractivity contribution is 0.1000. The number of benzene rings is 2. The number of primary amides is 1. The Labute approximate surface area is 131 Å². The lowest BCUT2D eigenvalue weighted by Gasteiger charge is -2.11. The van der Waals surface area contributed by atoms with Crippen LogP contribution in [-0.4, -0.2) is 11.6 Å². The molecule has 112 valence electrons. The summed E-state index contributed by atoms with van der Waals surface area (Å²) in [5, 5.41) is 8.91. The first-order chi connectivity index (χ1) is 10.4. The number of allylic oxidation sites excluding steroid dienone is 1. The summed E-state index contributed by atoms with van der Waals surface area (Å²) in [6.45, 7) is 1.99. The largest absolute Gasteiger partial charge is 0.398 e. The van der Waals surface area contributed by atoms with Gasteiger partial charge in [0, 0.05) is 16.8 Å². The van der Waals surface area contributed by atoms with Gasteiger partial charge in [-0.1, -0.05) is 42.0 Å². The molecule has 0 saturated heterocycles. The summed E-state index contributed by atoms with van der Waals surface area (Å²) in [7, 11) is 2.53. The first-order valence-corrected chi connectivity index (χ1v) is 7.29. The molecule has 0 aliphatic heterocycles. The second kappa shape index (κ2) is 6.54. The lowest BCUT2D eigenvalue weighted by Crippen LogP contribution is -2.20. The van der Waals surface area contributed by atoms with Gasteiger partial charge < -0.3 is 16.9 Å². The molecule has 0 radical (unpaired) electrons. The van der Waals surface area contributed by atoms with Crippen LogP contribution >= 0.6 is 9.24 Å². The molecule has 0 saturated carbocycles. The van der Waals surface area contributed by atoms with Gasteiger partial charge in [0.05, 0.1) is 5.71 Å². The van der Waals surface area contributed by atoms with Crippen LogP contribution in [-0.2, 0) is 0 Å². The predicted molar refractivity (Wildman–Crippen MR) is 94.5 cm³/mol. The summed E-state index contributed by atoms with van der Waals surface area (Å²) in [6.07, 6.45) is 1.54. The average molecular weight is 311 g/mol. The van der Waals surface area contributed by atoms with Gasteiger partial charge >= 0.3 is 0 Å². The smallest absolute Gasteiger partial charge is 0.249 e. The molecule has 22 heavy (non-hydrogen) atoms. The molecule has 1 amide bonds. The summed E-state index contributed by atoms with van der Waals surface area (Å²) in [6, 6.07) is 12.8. The molecule has 1 atom stereocenters. The van der Waals surface area contributed by atoms with Crippen molar-refractivity contribution in [3.05, 3.63) is 70.8 Å². The van der Waals surface area contributed by atoms with Crippen LogP contribution in [0.4, 0.5) is 0 Å². The molecular weight excluding hydrogens is 293 g/mol. The Morgan fingerprint density at radius 1 is 1.14 bits per heavy atom. The standard InChI is InChI=1S/C17H18N3OP/c1-10-5-7-11(8-6-10)13(18)9-14(19)16-12(17(20)21)3-2-4-15(16)22/h2-9,18H,19,22H2,1H3,(H2,20,21). The minimum Gasteiger partial charge on any atom is -0.398 e. The topological polar surface area (TPSA) is 93.0 Å². The van der Waals surface area contributed by atoms with Gasteiger partial charge in [-0.2, -0.15) is 0 Å². The van der Waals surface area contributed by atoms with Crippen molar-refractivity contribution in [1.82, 2.24) is 0 Å². The third-order valence-electron chi connectivity index (χ3n) is 3.31.